The van der Waals surface area contributed by atoms with Crippen LogP contribution in [0.1, 0.15) is 48.1 Å². The van der Waals surface area contributed by atoms with E-state index in [4.69, 9.17) is 11.6 Å². The van der Waals surface area contributed by atoms with Crippen molar-refractivity contribution in [1.82, 2.24) is 0 Å². The van der Waals surface area contributed by atoms with E-state index in [2.05, 4.69) is 0 Å². The Labute approximate surface area is 239 Å². The van der Waals surface area contributed by atoms with Crippen molar-refractivity contribution in [3.05, 3.63) is 146 Å². The molecule has 3 atom stereocenters. The number of nitrogens with zero attached hydrogens (tertiary/aromatic N) is 2. The molecule has 0 aromatic heterocycles. The van der Waals surface area contributed by atoms with Crippen LogP contribution in [0.2, 0.25) is 5.02 Å². The zero-order chi connectivity index (χ0) is 28.5. The number of hydrogen-bond donors (Lipinski definition) is 0. The number of fused-ring (bicyclic) bond motifs is 5. The molecule has 0 amide bonds. The van der Waals surface area contributed by atoms with Gasteiger partial charge in [0.05, 0.1) is 11.0 Å². The van der Waals surface area contributed by atoms with Gasteiger partial charge in [0.25, 0.3) is 5.69 Å². The molecule has 8 heteroatoms. The lowest BCUT2D eigenvalue weighted by Gasteiger charge is -2.37. The summed E-state index contributed by atoms with van der Waals surface area (Å²) in [6.07, 6.45) is 3.71. The molecular formula is C33H21ClN2O5. The van der Waals surface area contributed by atoms with Gasteiger partial charge in [-0.1, -0.05) is 96.5 Å². The highest BCUT2D eigenvalue weighted by atomic mass is 35.5. The van der Waals surface area contributed by atoms with Crippen LogP contribution in [0.5, 0.6) is 0 Å². The fraction of sp³-hybridized carbons (Fsp3) is 0.121. The van der Waals surface area contributed by atoms with Gasteiger partial charge in [0, 0.05) is 45.5 Å². The fourth-order valence-corrected chi connectivity index (χ4v) is 7.18. The lowest BCUT2D eigenvalue weighted by Crippen LogP contribution is -2.48. The Balaban J connectivity index is 1.55. The molecule has 0 N–H and O–H groups in total. The van der Waals surface area contributed by atoms with E-state index < -0.39 is 34.1 Å². The number of anilines is 1. The van der Waals surface area contributed by atoms with Gasteiger partial charge in [-0.25, -0.2) is 0 Å². The number of para-hydroxylation sites is 1. The summed E-state index contributed by atoms with van der Waals surface area (Å²) in [5, 5.41) is 11.9. The molecule has 7 nitrogen and oxygen atoms in total. The minimum Gasteiger partial charge on any atom is -0.352 e. The third-order valence-electron chi connectivity index (χ3n) is 8.56. The Bertz CT molecular complexity index is 1810. The molecule has 0 radical (unpaired) electrons. The first-order valence-corrected chi connectivity index (χ1v) is 13.5. The van der Waals surface area contributed by atoms with Gasteiger partial charge in [-0.3, -0.25) is 24.5 Å². The van der Waals surface area contributed by atoms with Gasteiger partial charge in [0.1, 0.15) is 11.5 Å². The van der Waals surface area contributed by atoms with E-state index in [0.29, 0.717) is 27.4 Å². The molecule has 1 fully saturated rings. The average Bonchev–Trinajstić information content (AvgIpc) is 3.43. The van der Waals surface area contributed by atoms with Crippen molar-refractivity contribution >= 4 is 46.4 Å². The molecule has 41 heavy (non-hydrogen) atoms. The first-order valence-electron chi connectivity index (χ1n) is 13.1. The molecule has 4 aromatic carbocycles. The number of non-ortho nitro benzene ring substituents is 1. The predicted octanol–water partition coefficient (Wildman–Crippen LogP) is 6.56. The number of carbonyl (C=O) groups excluding carboxylic acids is 3. The maximum Gasteiger partial charge on any atom is 0.270 e. The van der Waals surface area contributed by atoms with E-state index in [-0.39, 0.29) is 22.8 Å². The molecule has 3 aliphatic rings. The fourth-order valence-electron chi connectivity index (χ4n) is 6.93. The van der Waals surface area contributed by atoms with Crippen LogP contribution in [0.4, 0.5) is 11.4 Å². The van der Waals surface area contributed by atoms with Crippen molar-refractivity contribution in [2.24, 2.45) is 5.41 Å². The number of Topliss-reactive ketones (excluding diaryl/α,β-unsaturated/α-hetero) is 3. The topological polar surface area (TPSA) is 97.6 Å². The van der Waals surface area contributed by atoms with Gasteiger partial charge in [-0.2, -0.15) is 0 Å². The number of rotatable bonds is 4. The average molecular weight is 561 g/mol. The molecule has 2 aliphatic heterocycles. The Morgan fingerprint density at radius 2 is 1.51 bits per heavy atom. The van der Waals surface area contributed by atoms with Crippen molar-refractivity contribution in [3.8, 4) is 0 Å². The smallest absolute Gasteiger partial charge is 0.270 e. The molecule has 1 spiro atoms. The number of carbonyl (C=O) groups is 3. The summed E-state index contributed by atoms with van der Waals surface area (Å²) in [5.41, 5.74) is 0.816. The van der Waals surface area contributed by atoms with Gasteiger partial charge in [-0.05, 0) is 23.3 Å². The standard InChI is InChI=1S/C33H21ClN2O5/c34-25-14-5-4-13-24(25)28-29(30(37)20-9-7-10-21(18-20)36(40)41)35-26-15-6-1-8-19(26)16-17-27(35)33(28)31(38)22-11-2-3-12-23(22)32(33)39/h1-18,27-29H/t27-,28-,29+/m1/s1. The van der Waals surface area contributed by atoms with Gasteiger partial charge in [-0.15, -0.1) is 0 Å². The van der Waals surface area contributed by atoms with Crippen LogP contribution in [0.15, 0.2) is 103 Å². The maximum atomic E-state index is 14.7. The zero-order valence-electron chi connectivity index (χ0n) is 21.4. The molecule has 7 rings (SSSR count). The van der Waals surface area contributed by atoms with Crippen molar-refractivity contribution in [1.29, 1.82) is 0 Å². The van der Waals surface area contributed by atoms with Gasteiger partial charge in [0.2, 0.25) is 0 Å². The first-order chi connectivity index (χ1) is 19.9. The molecule has 0 unspecified atom stereocenters. The number of nitro benzene ring substituents is 1. The van der Waals surface area contributed by atoms with Crippen molar-refractivity contribution in [2.75, 3.05) is 4.90 Å². The third-order valence-corrected chi connectivity index (χ3v) is 8.91. The zero-order valence-corrected chi connectivity index (χ0v) is 22.2. The van der Waals surface area contributed by atoms with Gasteiger partial charge < -0.3 is 4.90 Å². The Kier molecular flexibility index (Phi) is 5.56. The molecule has 2 heterocycles. The summed E-state index contributed by atoms with van der Waals surface area (Å²) in [7, 11) is 0. The first kappa shape index (κ1) is 25.1. The van der Waals surface area contributed by atoms with Gasteiger partial charge in [0.15, 0.2) is 17.3 Å². The highest BCUT2D eigenvalue weighted by Gasteiger charge is 2.71. The largest absolute Gasteiger partial charge is 0.352 e. The van der Waals surface area contributed by atoms with Crippen LogP contribution in [-0.2, 0) is 0 Å². The molecule has 4 aromatic rings. The van der Waals surface area contributed by atoms with Crippen LogP contribution in [0.25, 0.3) is 6.08 Å². The number of benzene rings is 4. The Hall–Kier alpha value is -4.88. The van der Waals surface area contributed by atoms with Crippen molar-refractivity contribution in [2.45, 2.75) is 18.0 Å². The summed E-state index contributed by atoms with van der Waals surface area (Å²) >= 11 is 6.79. The van der Waals surface area contributed by atoms with E-state index in [1.807, 2.05) is 41.3 Å². The quantitative estimate of drug-likeness (QED) is 0.121. The highest BCUT2D eigenvalue weighted by molar-refractivity contribution is 6.34. The maximum absolute atomic E-state index is 14.7. The van der Waals surface area contributed by atoms with Crippen LogP contribution in [0, 0.1) is 15.5 Å². The minimum atomic E-state index is -1.69. The van der Waals surface area contributed by atoms with Crippen LogP contribution >= 0.6 is 11.6 Å². The van der Waals surface area contributed by atoms with Crippen LogP contribution < -0.4 is 4.90 Å². The second kappa shape index (κ2) is 9.08. The lowest BCUT2D eigenvalue weighted by atomic mass is 9.64. The summed E-state index contributed by atoms with van der Waals surface area (Å²) in [4.78, 5) is 56.8. The van der Waals surface area contributed by atoms with Crippen LogP contribution in [-0.4, -0.2) is 34.4 Å². The Morgan fingerprint density at radius 3 is 2.22 bits per heavy atom. The van der Waals surface area contributed by atoms with E-state index in [1.165, 1.54) is 24.3 Å². The van der Waals surface area contributed by atoms with Crippen LogP contribution in [0.3, 0.4) is 0 Å². The second-order valence-corrected chi connectivity index (χ2v) is 10.9. The number of halogens is 1. The summed E-state index contributed by atoms with van der Waals surface area (Å²) in [5.74, 6) is -2.16. The van der Waals surface area contributed by atoms with Gasteiger partial charge >= 0.3 is 0 Å². The molecule has 1 aliphatic carbocycles. The molecular weight excluding hydrogens is 540 g/mol. The summed E-state index contributed by atoms with van der Waals surface area (Å²) in [6.45, 7) is 0. The minimum absolute atomic E-state index is 0.111. The lowest BCUT2D eigenvalue weighted by molar-refractivity contribution is -0.384. The monoisotopic (exact) mass is 560 g/mol. The Morgan fingerprint density at radius 1 is 0.854 bits per heavy atom. The second-order valence-electron chi connectivity index (χ2n) is 10.5. The number of hydrogen-bond acceptors (Lipinski definition) is 6. The van der Waals surface area contributed by atoms with Crippen molar-refractivity contribution in [3.63, 3.8) is 0 Å². The van der Waals surface area contributed by atoms with E-state index in [9.17, 15) is 24.5 Å². The van der Waals surface area contributed by atoms with E-state index in [1.54, 1.807) is 48.5 Å². The van der Waals surface area contributed by atoms with Crippen molar-refractivity contribution < 1.29 is 19.3 Å². The third kappa shape index (κ3) is 3.36. The number of nitro groups is 1. The molecule has 1 saturated heterocycles. The summed E-state index contributed by atoms with van der Waals surface area (Å²) in [6, 6.07) is 24.8. The normalized spacial score (nSPS) is 21.5. The SMILES string of the molecule is O=C(c1cccc([N+](=O)[O-])c1)[C@@H]1[C@@H](c2ccccc2Cl)C2(C(=O)c3ccccc3C2=O)[C@H]2C=Cc3ccccc3N12. The highest BCUT2D eigenvalue weighted by Crippen LogP contribution is 2.61. The molecule has 200 valence electrons. The molecule has 0 saturated carbocycles. The summed E-state index contributed by atoms with van der Waals surface area (Å²) < 4.78 is 0. The molecule has 0 bridgehead atoms. The predicted molar refractivity (Wildman–Crippen MR) is 155 cm³/mol. The van der Waals surface area contributed by atoms with E-state index in [0.717, 1.165) is 5.56 Å². The number of ketones is 3. The van der Waals surface area contributed by atoms with E-state index >= 15 is 0 Å².